The van der Waals surface area contributed by atoms with Crippen LogP contribution in [-0.2, 0) is 4.79 Å². The summed E-state index contributed by atoms with van der Waals surface area (Å²) >= 11 is 0. The number of amides is 1. The molecule has 4 heteroatoms. The van der Waals surface area contributed by atoms with Gasteiger partial charge in [0, 0.05) is 19.1 Å². The predicted molar refractivity (Wildman–Crippen MR) is 65.8 cm³/mol. The second kappa shape index (κ2) is 5.19. The minimum Gasteiger partial charge on any atom is -0.484 e. The summed E-state index contributed by atoms with van der Waals surface area (Å²) in [6.45, 7) is 3.45. The number of nitrogens with zero attached hydrogens (tertiary/aromatic N) is 1. The lowest BCUT2D eigenvalue weighted by Crippen LogP contribution is -2.35. The molecule has 92 valence electrons. The van der Waals surface area contributed by atoms with Crippen molar-refractivity contribution in [2.45, 2.75) is 19.4 Å². The van der Waals surface area contributed by atoms with Gasteiger partial charge in [0.2, 0.25) is 0 Å². The van der Waals surface area contributed by atoms with E-state index in [2.05, 4.69) is 0 Å². The van der Waals surface area contributed by atoms with E-state index in [9.17, 15) is 4.79 Å². The highest BCUT2D eigenvalue weighted by molar-refractivity contribution is 5.78. The van der Waals surface area contributed by atoms with E-state index in [1.807, 2.05) is 31.2 Å². The Balaban J connectivity index is 1.86. The van der Waals surface area contributed by atoms with Gasteiger partial charge in [-0.1, -0.05) is 18.2 Å². The van der Waals surface area contributed by atoms with Gasteiger partial charge in [-0.3, -0.25) is 4.79 Å². The highest BCUT2D eigenvalue weighted by Gasteiger charge is 2.23. The average Bonchev–Trinajstić information content (AvgIpc) is 2.74. The number of carbonyl (C=O) groups is 1. The molecule has 0 spiro atoms. The minimum absolute atomic E-state index is 0.0150. The van der Waals surface area contributed by atoms with Crippen LogP contribution in [0.15, 0.2) is 24.3 Å². The number of benzene rings is 1. The van der Waals surface area contributed by atoms with Crippen LogP contribution in [-0.4, -0.2) is 36.5 Å². The van der Waals surface area contributed by atoms with Crippen molar-refractivity contribution >= 4 is 5.91 Å². The summed E-state index contributed by atoms with van der Waals surface area (Å²) in [4.78, 5) is 13.6. The minimum atomic E-state index is 0.0150. The van der Waals surface area contributed by atoms with Crippen LogP contribution in [0.25, 0.3) is 0 Å². The van der Waals surface area contributed by atoms with E-state index >= 15 is 0 Å². The highest BCUT2D eigenvalue weighted by atomic mass is 16.5. The molecule has 0 aliphatic carbocycles. The SMILES string of the molecule is Cc1ccccc1OCC(=O)N1CCC(N)C1. The molecule has 2 rings (SSSR count). The number of hydrogen-bond donors (Lipinski definition) is 1. The quantitative estimate of drug-likeness (QED) is 0.846. The van der Waals surface area contributed by atoms with Crippen molar-refractivity contribution in [2.75, 3.05) is 19.7 Å². The van der Waals surface area contributed by atoms with Gasteiger partial charge in [-0.05, 0) is 25.0 Å². The van der Waals surface area contributed by atoms with Crippen LogP contribution < -0.4 is 10.5 Å². The van der Waals surface area contributed by atoms with Gasteiger partial charge in [0.1, 0.15) is 5.75 Å². The van der Waals surface area contributed by atoms with E-state index in [1.54, 1.807) is 4.90 Å². The Labute approximate surface area is 101 Å². The van der Waals surface area contributed by atoms with Crippen molar-refractivity contribution in [2.24, 2.45) is 5.73 Å². The second-order valence-electron chi connectivity index (χ2n) is 4.44. The van der Waals surface area contributed by atoms with Crippen molar-refractivity contribution in [1.29, 1.82) is 0 Å². The summed E-state index contributed by atoms with van der Waals surface area (Å²) in [5.74, 6) is 0.783. The van der Waals surface area contributed by atoms with Crippen LogP contribution in [0.5, 0.6) is 5.75 Å². The Morgan fingerprint density at radius 2 is 2.29 bits per heavy atom. The molecule has 0 bridgehead atoms. The Morgan fingerprint density at radius 3 is 2.94 bits per heavy atom. The summed E-state index contributed by atoms with van der Waals surface area (Å²) < 4.78 is 5.51. The molecule has 17 heavy (non-hydrogen) atoms. The molecule has 0 saturated carbocycles. The molecule has 0 aromatic heterocycles. The van der Waals surface area contributed by atoms with Crippen LogP contribution in [0.2, 0.25) is 0 Å². The van der Waals surface area contributed by atoms with Crippen molar-refractivity contribution in [1.82, 2.24) is 4.90 Å². The third kappa shape index (κ3) is 2.97. The van der Waals surface area contributed by atoms with Gasteiger partial charge in [-0.25, -0.2) is 0 Å². The van der Waals surface area contributed by atoms with E-state index in [0.29, 0.717) is 6.54 Å². The first-order chi connectivity index (χ1) is 8.16. The van der Waals surface area contributed by atoms with Gasteiger partial charge in [0.05, 0.1) is 0 Å². The smallest absolute Gasteiger partial charge is 0.260 e. The summed E-state index contributed by atoms with van der Waals surface area (Å²) in [7, 11) is 0. The summed E-state index contributed by atoms with van der Waals surface area (Å²) in [5, 5.41) is 0. The third-order valence-electron chi connectivity index (χ3n) is 3.02. The number of carbonyl (C=O) groups excluding carboxylic acids is 1. The lowest BCUT2D eigenvalue weighted by Gasteiger charge is -2.16. The Morgan fingerprint density at radius 1 is 1.53 bits per heavy atom. The molecular weight excluding hydrogens is 216 g/mol. The van der Waals surface area contributed by atoms with E-state index in [4.69, 9.17) is 10.5 Å². The van der Waals surface area contributed by atoms with Gasteiger partial charge in [0.15, 0.2) is 6.61 Å². The number of likely N-dealkylation sites (tertiary alicyclic amines) is 1. The zero-order valence-corrected chi connectivity index (χ0v) is 10.1. The monoisotopic (exact) mass is 234 g/mol. The van der Waals surface area contributed by atoms with Crippen LogP contribution >= 0.6 is 0 Å². The van der Waals surface area contributed by atoms with Crippen LogP contribution in [0.1, 0.15) is 12.0 Å². The Kier molecular flexibility index (Phi) is 3.64. The van der Waals surface area contributed by atoms with Gasteiger partial charge < -0.3 is 15.4 Å². The average molecular weight is 234 g/mol. The van der Waals surface area contributed by atoms with Gasteiger partial charge >= 0.3 is 0 Å². The summed E-state index contributed by atoms with van der Waals surface area (Å²) in [6.07, 6.45) is 0.885. The third-order valence-corrected chi connectivity index (χ3v) is 3.02. The van der Waals surface area contributed by atoms with E-state index in [1.165, 1.54) is 0 Å². The highest BCUT2D eigenvalue weighted by Crippen LogP contribution is 2.16. The van der Waals surface area contributed by atoms with Gasteiger partial charge in [-0.2, -0.15) is 0 Å². The first kappa shape index (κ1) is 11.9. The fourth-order valence-electron chi connectivity index (χ4n) is 1.96. The van der Waals surface area contributed by atoms with E-state index in [0.717, 1.165) is 24.3 Å². The Hall–Kier alpha value is -1.55. The molecule has 1 aromatic carbocycles. The number of para-hydroxylation sites is 1. The molecule has 1 unspecified atom stereocenters. The first-order valence-corrected chi connectivity index (χ1v) is 5.88. The Bertz CT molecular complexity index is 406. The maximum Gasteiger partial charge on any atom is 0.260 e. The predicted octanol–water partition coefficient (Wildman–Crippen LogP) is 0.933. The first-order valence-electron chi connectivity index (χ1n) is 5.88. The number of ether oxygens (including phenoxy) is 1. The van der Waals surface area contributed by atoms with E-state index < -0.39 is 0 Å². The summed E-state index contributed by atoms with van der Waals surface area (Å²) in [6, 6.07) is 7.81. The van der Waals surface area contributed by atoms with Crippen molar-refractivity contribution in [3.8, 4) is 5.75 Å². The lowest BCUT2D eigenvalue weighted by atomic mass is 10.2. The van der Waals surface area contributed by atoms with Crippen LogP contribution in [0.3, 0.4) is 0 Å². The zero-order valence-electron chi connectivity index (χ0n) is 10.1. The maximum atomic E-state index is 11.8. The molecule has 1 heterocycles. The largest absolute Gasteiger partial charge is 0.484 e. The molecule has 1 aromatic rings. The molecule has 4 nitrogen and oxygen atoms in total. The molecule has 2 N–H and O–H groups in total. The standard InChI is InChI=1S/C13H18N2O2/c1-10-4-2-3-5-12(10)17-9-13(16)15-7-6-11(14)8-15/h2-5,11H,6-9,14H2,1H3. The molecule has 0 radical (unpaired) electrons. The number of hydrogen-bond acceptors (Lipinski definition) is 3. The number of aryl methyl sites for hydroxylation is 1. The number of rotatable bonds is 3. The van der Waals surface area contributed by atoms with Crippen molar-refractivity contribution in [3.63, 3.8) is 0 Å². The molecule has 1 fully saturated rings. The lowest BCUT2D eigenvalue weighted by molar-refractivity contribution is -0.132. The maximum absolute atomic E-state index is 11.8. The van der Waals surface area contributed by atoms with Gasteiger partial charge in [0.25, 0.3) is 5.91 Å². The molecule has 1 aliphatic rings. The van der Waals surface area contributed by atoms with Crippen molar-refractivity contribution < 1.29 is 9.53 Å². The van der Waals surface area contributed by atoms with Crippen molar-refractivity contribution in [3.05, 3.63) is 29.8 Å². The number of nitrogens with two attached hydrogens (primary N) is 1. The topological polar surface area (TPSA) is 55.6 Å². The van der Waals surface area contributed by atoms with E-state index in [-0.39, 0.29) is 18.6 Å². The molecule has 1 amide bonds. The van der Waals surface area contributed by atoms with Gasteiger partial charge in [-0.15, -0.1) is 0 Å². The fourth-order valence-corrected chi connectivity index (χ4v) is 1.96. The summed E-state index contributed by atoms with van der Waals surface area (Å²) in [5.41, 5.74) is 6.80. The van der Waals surface area contributed by atoms with Crippen LogP contribution in [0.4, 0.5) is 0 Å². The molecule has 1 saturated heterocycles. The normalized spacial score (nSPS) is 19.4. The zero-order chi connectivity index (χ0) is 12.3. The van der Waals surface area contributed by atoms with Crippen LogP contribution in [0, 0.1) is 6.92 Å². The molecule has 1 aliphatic heterocycles. The molecular formula is C13H18N2O2. The molecule has 1 atom stereocenters. The fraction of sp³-hybridized carbons (Fsp3) is 0.462. The second-order valence-corrected chi connectivity index (χ2v) is 4.44.